The van der Waals surface area contributed by atoms with Crippen molar-refractivity contribution in [2.45, 2.75) is 31.0 Å². The van der Waals surface area contributed by atoms with Crippen molar-refractivity contribution in [2.75, 3.05) is 39.3 Å². The molecule has 1 heterocycles. The number of sulfonamides is 1. The molecule has 1 aromatic rings. The summed E-state index contributed by atoms with van der Waals surface area (Å²) in [5, 5.41) is 0. The van der Waals surface area contributed by atoms with Crippen LogP contribution < -0.4 is 4.90 Å². The zero-order valence-corrected chi connectivity index (χ0v) is 15.3. The van der Waals surface area contributed by atoms with Gasteiger partial charge in [-0.05, 0) is 30.2 Å². The zero-order valence-electron chi connectivity index (χ0n) is 14.5. The average molecular weight is 356 g/mol. The molecule has 24 heavy (non-hydrogen) atoms. The number of carbonyl (C=O) groups excluding carboxylic acids is 1. The topological polar surface area (TPSA) is 76.2 Å². The maximum absolute atomic E-state index is 12.7. The lowest BCUT2D eigenvalue weighted by atomic mass is 10.2. The zero-order chi connectivity index (χ0) is 17.9. The number of rotatable bonds is 7. The van der Waals surface area contributed by atoms with E-state index in [-0.39, 0.29) is 17.3 Å². The SMILES string of the molecule is CCC(=O)N1CCc2cc(S(=O)(=O)N(C)CC(OC)OC)ccc21. The smallest absolute Gasteiger partial charge is 0.243 e. The molecule has 0 fully saturated rings. The Morgan fingerprint density at radius 1 is 1.33 bits per heavy atom. The highest BCUT2D eigenvalue weighted by Gasteiger charge is 2.28. The number of benzene rings is 1. The number of nitrogens with zero attached hydrogens (tertiary/aromatic N) is 2. The van der Waals surface area contributed by atoms with E-state index in [1.54, 1.807) is 23.1 Å². The second-order valence-electron chi connectivity index (χ2n) is 5.63. The molecule has 0 bridgehead atoms. The molecule has 0 aliphatic carbocycles. The molecule has 1 aliphatic heterocycles. The fourth-order valence-corrected chi connectivity index (χ4v) is 3.93. The summed E-state index contributed by atoms with van der Waals surface area (Å²) < 4.78 is 36.7. The van der Waals surface area contributed by atoms with E-state index in [0.717, 1.165) is 11.3 Å². The summed E-state index contributed by atoms with van der Waals surface area (Å²) in [6.07, 6.45) is 0.460. The third-order valence-electron chi connectivity index (χ3n) is 4.19. The van der Waals surface area contributed by atoms with Crippen LogP contribution >= 0.6 is 0 Å². The highest BCUT2D eigenvalue weighted by molar-refractivity contribution is 7.89. The van der Waals surface area contributed by atoms with Crippen LogP contribution in [0, 0.1) is 0 Å². The number of hydrogen-bond acceptors (Lipinski definition) is 5. The molecular formula is C16H24N2O5S. The third-order valence-corrected chi connectivity index (χ3v) is 6.01. The Labute approximate surface area is 143 Å². The van der Waals surface area contributed by atoms with Crippen molar-refractivity contribution in [3.63, 3.8) is 0 Å². The minimum Gasteiger partial charge on any atom is -0.355 e. The van der Waals surface area contributed by atoms with Crippen molar-refractivity contribution < 1.29 is 22.7 Å². The summed E-state index contributed by atoms with van der Waals surface area (Å²) in [6.45, 7) is 2.50. The molecule has 0 saturated heterocycles. The summed E-state index contributed by atoms with van der Waals surface area (Å²) in [5.41, 5.74) is 1.68. The molecule has 1 amide bonds. The maximum Gasteiger partial charge on any atom is 0.243 e. The van der Waals surface area contributed by atoms with E-state index >= 15 is 0 Å². The summed E-state index contributed by atoms with van der Waals surface area (Å²) in [5.74, 6) is 0.0458. The lowest BCUT2D eigenvalue weighted by Gasteiger charge is -2.22. The second kappa shape index (κ2) is 7.60. The van der Waals surface area contributed by atoms with Gasteiger partial charge in [0.25, 0.3) is 0 Å². The van der Waals surface area contributed by atoms with E-state index in [1.165, 1.54) is 25.6 Å². The van der Waals surface area contributed by atoms with Crippen LogP contribution in [-0.4, -0.2) is 59.3 Å². The summed E-state index contributed by atoms with van der Waals surface area (Å²) >= 11 is 0. The molecule has 2 rings (SSSR count). The van der Waals surface area contributed by atoms with E-state index in [0.29, 0.717) is 19.4 Å². The quantitative estimate of drug-likeness (QED) is 0.687. The highest BCUT2D eigenvalue weighted by Crippen LogP contribution is 2.31. The monoisotopic (exact) mass is 356 g/mol. The van der Waals surface area contributed by atoms with Crippen molar-refractivity contribution in [1.82, 2.24) is 4.31 Å². The van der Waals surface area contributed by atoms with E-state index in [9.17, 15) is 13.2 Å². The molecule has 7 nitrogen and oxygen atoms in total. The van der Waals surface area contributed by atoms with Crippen molar-refractivity contribution in [3.05, 3.63) is 23.8 Å². The van der Waals surface area contributed by atoms with Gasteiger partial charge in [-0.2, -0.15) is 4.31 Å². The second-order valence-corrected chi connectivity index (χ2v) is 7.67. The summed E-state index contributed by atoms with van der Waals surface area (Å²) in [6, 6.07) is 4.90. The van der Waals surface area contributed by atoms with Crippen LogP contribution in [0.1, 0.15) is 18.9 Å². The van der Waals surface area contributed by atoms with Crippen molar-refractivity contribution in [1.29, 1.82) is 0 Å². The first-order valence-corrected chi connectivity index (χ1v) is 9.24. The molecule has 0 N–H and O–H groups in total. The van der Waals surface area contributed by atoms with Crippen LogP contribution in [0.4, 0.5) is 5.69 Å². The molecule has 8 heteroatoms. The Kier molecular flexibility index (Phi) is 5.97. The van der Waals surface area contributed by atoms with Crippen LogP contribution in [0.25, 0.3) is 0 Å². The van der Waals surface area contributed by atoms with Gasteiger partial charge in [0.15, 0.2) is 6.29 Å². The van der Waals surface area contributed by atoms with Crippen LogP contribution in [0.2, 0.25) is 0 Å². The van der Waals surface area contributed by atoms with Gasteiger partial charge in [0.05, 0.1) is 11.4 Å². The van der Waals surface area contributed by atoms with Crippen molar-refractivity contribution in [2.24, 2.45) is 0 Å². The predicted molar refractivity (Wildman–Crippen MR) is 90.4 cm³/mol. The third kappa shape index (κ3) is 3.61. The number of carbonyl (C=O) groups is 1. The molecule has 134 valence electrons. The van der Waals surface area contributed by atoms with Gasteiger partial charge in [0.1, 0.15) is 0 Å². The van der Waals surface area contributed by atoms with Crippen LogP contribution in [0.3, 0.4) is 0 Å². The normalized spacial score (nSPS) is 14.5. The van der Waals surface area contributed by atoms with Crippen molar-refractivity contribution in [3.8, 4) is 0 Å². The number of amides is 1. The van der Waals surface area contributed by atoms with E-state index in [2.05, 4.69) is 0 Å². The molecule has 1 aromatic carbocycles. The van der Waals surface area contributed by atoms with Gasteiger partial charge in [-0.15, -0.1) is 0 Å². The largest absolute Gasteiger partial charge is 0.355 e. The molecular weight excluding hydrogens is 332 g/mol. The van der Waals surface area contributed by atoms with Crippen LogP contribution in [0.15, 0.2) is 23.1 Å². The molecule has 0 aromatic heterocycles. The fourth-order valence-electron chi connectivity index (χ4n) is 2.72. The Hall–Kier alpha value is -1.48. The maximum atomic E-state index is 12.7. The number of fused-ring (bicyclic) bond motifs is 1. The van der Waals surface area contributed by atoms with Crippen LogP contribution in [0.5, 0.6) is 0 Å². The number of likely N-dealkylation sites (N-methyl/N-ethyl adjacent to an activating group) is 1. The first-order chi connectivity index (χ1) is 11.3. The standard InChI is InChI=1S/C16H24N2O5S/c1-5-15(19)18-9-8-12-10-13(6-7-14(12)18)24(20,21)17(2)11-16(22-3)23-4/h6-7,10,16H,5,8-9,11H2,1-4H3. The molecule has 0 radical (unpaired) electrons. The minimum absolute atomic E-state index is 0.0458. The predicted octanol–water partition coefficient (Wildman–Crippen LogP) is 1.23. The Morgan fingerprint density at radius 2 is 2.00 bits per heavy atom. The first kappa shape index (κ1) is 18.9. The van der Waals surface area contributed by atoms with Gasteiger partial charge in [-0.25, -0.2) is 8.42 Å². The van der Waals surface area contributed by atoms with E-state index in [1.807, 2.05) is 6.92 Å². The first-order valence-electron chi connectivity index (χ1n) is 7.80. The highest BCUT2D eigenvalue weighted by atomic mass is 32.2. The lowest BCUT2D eigenvalue weighted by molar-refractivity contribution is -0.118. The van der Waals surface area contributed by atoms with E-state index < -0.39 is 16.3 Å². The van der Waals surface area contributed by atoms with Gasteiger partial charge in [0.2, 0.25) is 15.9 Å². The number of ether oxygens (including phenoxy) is 2. The minimum atomic E-state index is -3.65. The van der Waals surface area contributed by atoms with Gasteiger partial charge in [0, 0.05) is 39.9 Å². The molecule has 1 aliphatic rings. The average Bonchev–Trinajstić information content (AvgIpc) is 3.01. The Morgan fingerprint density at radius 3 is 2.58 bits per heavy atom. The van der Waals surface area contributed by atoms with Crippen molar-refractivity contribution >= 4 is 21.6 Å². The molecule has 0 atom stereocenters. The van der Waals surface area contributed by atoms with Crippen LogP contribution in [-0.2, 0) is 30.7 Å². The van der Waals surface area contributed by atoms with Gasteiger partial charge < -0.3 is 14.4 Å². The van der Waals surface area contributed by atoms with Gasteiger partial charge in [-0.3, -0.25) is 4.79 Å². The Bertz CT molecular complexity index is 700. The molecule has 0 unspecified atom stereocenters. The van der Waals surface area contributed by atoms with E-state index in [4.69, 9.17) is 9.47 Å². The number of anilines is 1. The van der Waals surface area contributed by atoms with Gasteiger partial charge in [-0.1, -0.05) is 6.92 Å². The number of methoxy groups -OCH3 is 2. The lowest BCUT2D eigenvalue weighted by Crippen LogP contribution is -2.36. The van der Waals surface area contributed by atoms with Gasteiger partial charge >= 0.3 is 0 Å². The molecule has 0 spiro atoms. The summed E-state index contributed by atoms with van der Waals surface area (Å²) in [7, 11) is 0.761. The summed E-state index contributed by atoms with van der Waals surface area (Å²) in [4.78, 5) is 13.8. The molecule has 0 saturated carbocycles. The fraction of sp³-hybridized carbons (Fsp3) is 0.562. The number of hydrogen-bond donors (Lipinski definition) is 0. The Balaban J connectivity index is 2.25.